The third-order valence-electron chi connectivity index (χ3n) is 3.06. The fraction of sp³-hybridized carbons (Fsp3) is 0.467. The number of hydrogen-bond donors (Lipinski definition) is 2. The second kappa shape index (κ2) is 9.28. The van der Waals surface area contributed by atoms with E-state index in [9.17, 15) is 9.59 Å². The van der Waals surface area contributed by atoms with Crippen molar-refractivity contribution in [2.24, 2.45) is 0 Å². The number of carbonyl (C=O) groups excluding carboxylic acids is 1. The van der Waals surface area contributed by atoms with Gasteiger partial charge in [-0.15, -0.1) is 0 Å². The Kier molecular flexibility index (Phi) is 7.68. The molecule has 0 aliphatic carbocycles. The molecule has 6 heteroatoms. The molecule has 21 heavy (non-hydrogen) atoms. The number of hydrogen-bond acceptors (Lipinski definition) is 4. The Hall–Kier alpha value is -1.69. The molecule has 0 aliphatic heterocycles. The van der Waals surface area contributed by atoms with E-state index in [-0.39, 0.29) is 12.3 Å². The maximum absolute atomic E-state index is 11.9. The van der Waals surface area contributed by atoms with E-state index in [1.54, 1.807) is 18.9 Å². The highest BCUT2D eigenvalue weighted by Gasteiger charge is 2.19. The molecule has 0 aliphatic rings. The van der Waals surface area contributed by atoms with Crippen LogP contribution in [-0.2, 0) is 16.0 Å². The summed E-state index contributed by atoms with van der Waals surface area (Å²) in [5.41, 5.74) is 0.936. The summed E-state index contributed by atoms with van der Waals surface area (Å²) in [6.45, 7) is 0. The van der Waals surface area contributed by atoms with E-state index >= 15 is 0 Å². The Morgan fingerprint density at radius 3 is 2.71 bits per heavy atom. The molecular formula is C15H21NO4S. The second-order valence-electron chi connectivity index (χ2n) is 4.55. The van der Waals surface area contributed by atoms with Gasteiger partial charge in [0.05, 0.1) is 7.11 Å². The predicted octanol–water partition coefficient (Wildman–Crippen LogP) is 1.95. The van der Waals surface area contributed by atoms with Crippen LogP contribution in [0.5, 0.6) is 5.75 Å². The molecular weight excluding hydrogens is 290 g/mol. The van der Waals surface area contributed by atoms with Crippen molar-refractivity contribution in [3.63, 3.8) is 0 Å². The van der Waals surface area contributed by atoms with Crippen molar-refractivity contribution in [2.45, 2.75) is 25.3 Å². The average Bonchev–Trinajstić information content (AvgIpc) is 2.49. The minimum Gasteiger partial charge on any atom is -0.496 e. The van der Waals surface area contributed by atoms with Crippen molar-refractivity contribution in [1.29, 1.82) is 0 Å². The van der Waals surface area contributed by atoms with E-state index < -0.39 is 12.0 Å². The molecule has 0 radical (unpaired) electrons. The van der Waals surface area contributed by atoms with Crippen LogP contribution in [0.3, 0.4) is 0 Å². The van der Waals surface area contributed by atoms with E-state index in [0.29, 0.717) is 18.6 Å². The van der Waals surface area contributed by atoms with Gasteiger partial charge in [-0.1, -0.05) is 18.2 Å². The van der Waals surface area contributed by atoms with Gasteiger partial charge in [-0.3, -0.25) is 4.79 Å². The van der Waals surface area contributed by atoms with Crippen molar-refractivity contribution >= 4 is 23.6 Å². The molecule has 1 amide bonds. The third kappa shape index (κ3) is 6.08. The van der Waals surface area contributed by atoms with Crippen molar-refractivity contribution in [3.05, 3.63) is 29.8 Å². The van der Waals surface area contributed by atoms with Gasteiger partial charge in [-0.25, -0.2) is 4.79 Å². The normalized spacial score (nSPS) is 11.7. The van der Waals surface area contributed by atoms with Crippen LogP contribution in [0, 0.1) is 0 Å². The summed E-state index contributed by atoms with van der Waals surface area (Å²) in [5.74, 6) is 0.190. The molecule has 0 bridgehead atoms. The first-order chi connectivity index (χ1) is 10.1. The minimum absolute atomic E-state index is 0.240. The molecule has 116 valence electrons. The molecule has 5 nitrogen and oxygen atoms in total. The number of para-hydroxylation sites is 1. The van der Waals surface area contributed by atoms with Crippen LogP contribution in [0.1, 0.15) is 18.4 Å². The summed E-state index contributed by atoms with van der Waals surface area (Å²) in [4.78, 5) is 22.9. The van der Waals surface area contributed by atoms with E-state index in [1.165, 1.54) is 0 Å². The van der Waals surface area contributed by atoms with Crippen LogP contribution in [0.2, 0.25) is 0 Å². The third-order valence-corrected chi connectivity index (χ3v) is 3.70. The summed E-state index contributed by atoms with van der Waals surface area (Å²) >= 11 is 1.56. The highest BCUT2D eigenvalue weighted by atomic mass is 32.2. The first-order valence-electron chi connectivity index (χ1n) is 6.71. The average molecular weight is 311 g/mol. The first kappa shape index (κ1) is 17.4. The van der Waals surface area contributed by atoms with Crippen molar-refractivity contribution in [1.82, 2.24) is 5.32 Å². The number of aryl methyl sites for hydroxylation is 1. The van der Waals surface area contributed by atoms with Gasteiger partial charge in [-0.05, 0) is 36.5 Å². The fourth-order valence-electron chi connectivity index (χ4n) is 1.92. The smallest absolute Gasteiger partial charge is 0.326 e. The lowest BCUT2D eigenvalue weighted by Crippen LogP contribution is -2.41. The van der Waals surface area contributed by atoms with Gasteiger partial charge < -0.3 is 15.2 Å². The molecule has 0 heterocycles. The Morgan fingerprint density at radius 1 is 1.38 bits per heavy atom. The van der Waals surface area contributed by atoms with Crippen LogP contribution in [0.15, 0.2) is 24.3 Å². The Balaban J connectivity index is 2.50. The summed E-state index contributed by atoms with van der Waals surface area (Å²) in [6.07, 6.45) is 3.09. The topological polar surface area (TPSA) is 75.6 Å². The monoisotopic (exact) mass is 311 g/mol. The van der Waals surface area contributed by atoms with Gasteiger partial charge in [0.1, 0.15) is 11.8 Å². The largest absolute Gasteiger partial charge is 0.496 e. The van der Waals surface area contributed by atoms with E-state index in [1.807, 2.05) is 30.5 Å². The molecule has 1 unspecified atom stereocenters. The molecule has 0 saturated carbocycles. The Morgan fingerprint density at radius 2 is 2.10 bits per heavy atom. The Bertz CT molecular complexity index is 478. The number of amides is 1. The standard InChI is InChI=1S/C15H21NO4S/c1-20-13-6-4-3-5-11(13)7-8-14(17)16-12(15(18)19)9-10-21-2/h3-6,12H,7-10H2,1-2H3,(H,16,17)(H,18,19). The molecule has 0 spiro atoms. The highest BCUT2D eigenvalue weighted by molar-refractivity contribution is 7.98. The fourth-order valence-corrected chi connectivity index (χ4v) is 2.39. The lowest BCUT2D eigenvalue weighted by Gasteiger charge is -2.14. The summed E-state index contributed by atoms with van der Waals surface area (Å²) in [7, 11) is 1.59. The van der Waals surface area contributed by atoms with Crippen molar-refractivity contribution < 1.29 is 19.4 Å². The van der Waals surface area contributed by atoms with Crippen LogP contribution >= 0.6 is 11.8 Å². The minimum atomic E-state index is -0.991. The number of ether oxygens (including phenoxy) is 1. The van der Waals surface area contributed by atoms with Crippen molar-refractivity contribution in [3.8, 4) is 5.75 Å². The molecule has 0 saturated heterocycles. The predicted molar refractivity (Wildman–Crippen MR) is 83.9 cm³/mol. The van der Waals surface area contributed by atoms with E-state index in [0.717, 1.165) is 11.3 Å². The first-order valence-corrected chi connectivity index (χ1v) is 8.11. The van der Waals surface area contributed by atoms with Gasteiger partial charge in [0.2, 0.25) is 5.91 Å². The molecule has 1 aromatic rings. The number of aliphatic carboxylic acids is 1. The van der Waals surface area contributed by atoms with Crippen molar-refractivity contribution in [2.75, 3.05) is 19.1 Å². The second-order valence-corrected chi connectivity index (χ2v) is 5.54. The zero-order valence-electron chi connectivity index (χ0n) is 12.3. The molecule has 0 aromatic heterocycles. The number of rotatable bonds is 9. The van der Waals surface area contributed by atoms with Gasteiger partial charge >= 0.3 is 5.97 Å². The molecule has 2 N–H and O–H groups in total. The number of benzene rings is 1. The number of methoxy groups -OCH3 is 1. The zero-order valence-corrected chi connectivity index (χ0v) is 13.1. The highest BCUT2D eigenvalue weighted by Crippen LogP contribution is 2.18. The number of carboxylic acids is 1. The maximum Gasteiger partial charge on any atom is 0.326 e. The van der Waals surface area contributed by atoms with Gasteiger partial charge in [0.25, 0.3) is 0 Å². The van der Waals surface area contributed by atoms with E-state index in [2.05, 4.69) is 5.32 Å². The maximum atomic E-state index is 11.9. The van der Waals surface area contributed by atoms with Crippen LogP contribution < -0.4 is 10.1 Å². The quantitative estimate of drug-likeness (QED) is 0.729. The summed E-state index contributed by atoms with van der Waals surface area (Å²) in [6, 6.07) is 6.67. The molecule has 0 fully saturated rings. The van der Waals surface area contributed by atoms with Gasteiger partial charge in [-0.2, -0.15) is 11.8 Å². The number of carbonyl (C=O) groups is 2. The van der Waals surface area contributed by atoms with E-state index in [4.69, 9.17) is 9.84 Å². The SMILES string of the molecule is COc1ccccc1CCC(=O)NC(CCSC)C(=O)O. The molecule has 1 rings (SSSR count). The van der Waals surface area contributed by atoms with Crippen LogP contribution in [-0.4, -0.2) is 42.1 Å². The summed E-state index contributed by atoms with van der Waals surface area (Å²) < 4.78 is 5.22. The lowest BCUT2D eigenvalue weighted by atomic mass is 10.1. The molecule has 1 aromatic carbocycles. The van der Waals surface area contributed by atoms with Crippen LogP contribution in [0.4, 0.5) is 0 Å². The number of thioether (sulfide) groups is 1. The van der Waals surface area contributed by atoms with Gasteiger partial charge in [0.15, 0.2) is 0 Å². The van der Waals surface area contributed by atoms with Crippen LogP contribution in [0.25, 0.3) is 0 Å². The lowest BCUT2D eigenvalue weighted by molar-refractivity contribution is -0.141. The molecule has 1 atom stereocenters. The Labute approximate surface area is 129 Å². The number of carboxylic acid groups (broad SMARTS) is 1. The summed E-state index contributed by atoms with van der Waals surface area (Å²) in [5, 5.41) is 11.6. The number of nitrogens with one attached hydrogen (secondary N) is 1. The zero-order chi connectivity index (χ0) is 15.7. The van der Waals surface area contributed by atoms with Gasteiger partial charge in [0, 0.05) is 6.42 Å².